The molecule has 16 rings (SSSR count). The number of nitrogens with one attached hydrogen (secondary N) is 4. The number of hydrogen-bond donors (Lipinski definition) is 8. The molecule has 0 radical (unpaired) electrons. The number of nitrogens with zero attached hydrogens (tertiary/aromatic N) is 15. The maximum absolute atomic E-state index is 12.4. The molecule has 13 heterocycles. The number of aliphatic hydroxyl groups is 1. The summed E-state index contributed by atoms with van der Waals surface area (Å²) in [4.78, 5) is 24.8. The lowest BCUT2D eigenvalue weighted by molar-refractivity contribution is 0.0528. The van der Waals surface area contributed by atoms with Gasteiger partial charge >= 0.3 is 18.3 Å². The van der Waals surface area contributed by atoms with Crippen LogP contribution in [0.15, 0.2) is 247 Å². The van der Waals surface area contributed by atoms with Crippen LogP contribution in [0.2, 0.25) is 0 Å². The van der Waals surface area contributed by atoms with Crippen molar-refractivity contribution in [1.82, 2.24) is 84.1 Å². The number of aromatic amines is 1. The van der Waals surface area contributed by atoms with Crippen molar-refractivity contribution in [1.29, 1.82) is 11.1 Å². The Morgan fingerprint density at radius 3 is 1.34 bits per heavy atom. The van der Waals surface area contributed by atoms with Crippen LogP contribution < -0.4 is 16.7 Å². The number of esters is 1. The number of nitrogens with two attached hydrogens (primary N) is 1. The highest BCUT2D eigenvalue weighted by Crippen LogP contribution is 2.32. The Balaban J connectivity index is 0.000000350. The molecule has 13 aromatic heterocycles. The minimum absolute atomic E-state index is 0. The Morgan fingerprint density at radius 1 is 0.570 bits per heavy atom. The second-order valence-electron chi connectivity index (χ2n) is 22.0. The maximum Gasteiger partial charge on any atom is 0.488 e. The van der Waals surface area contributed by atoms with Gasteiger partial charge in [-0.3, -0.25) is 10.2 Å². The Labute approximate surface area is 681 Å². The zero-order chi connectivity index (χ0) is 82.9. The number of benzene rings is 3. The van der Waals surface area contributed by atoms with E-state index in [2.05, 4.69) is 67.6 Å². The highest BCUT2D eigenvalue weighted by molar-refractivity contribution is 7.99. The summed E-state index contributed by atoms with van der Waals surface area (Å²) in [5.74, 6) is 5.67. The van der Waals surface area contributed by atoms with Crippen LogP contribution in [-0.2, 0) is 15.5 Å². The standard InChI is InChI=1S/C16H12N4O2S.C16H12N4OS.C11H12N2O2.C10H8N4OS.C9H10N4O.C6H7BO2.C2H6O.3C2H6.CH2Cl2.H2N2.H2O.H2/c1-11-7-8-20-14(9-11)13(10-17-20)15-18-19-16(22-15)23(21)12-5-3-2-4-6-12;1-11-7-8-20-14(9-11)13(10-17-20)15-18-19-16(21-15)22-12-5-3-2-4-6-12;1-3-15-11(14)9-7-12-13-5-4-8(2)6-10(9)13;1-6-2-3-14-8(4-6)7(5-11-14)9-12-13-10(16)15-9;1-6-2-3-13-8(4-6)7(5-11-13)9(14)12-10;8-7(9)6-4-2-1-3-5-6;1-2-3;3*1-2;2-1-3;1-2;;/h2-10H,1H3;2-10H,1H3;4-7H,3H2,1-2H3;2-5H,1H3,(H,13,16);2-5H,10H2,1H3,(H,12,14);1-5,8-9H;3H,2H2,1H3;3*1-2H3;1H2;1-2H;1H2;1H. The van der Waals surface area contributed by atoms with E-state index < -0.39 is 17.9 Å². The lowest BCUT2D eigenvalue weighted by atomic mass is 9.81. The number of alkyl halides is 2. The molecule has 1 atom stereocenters. The molecule has 114 heavy (non-hydrogen) atoms. The average molecular weight is 1650 g/mol. The van der Waals surface area contributed by atoms with Crippen molar-refractivity contribution >= 4 is 110 Å². The number of amides is 1. The van der Waals surface area contributed by atoms with Gasteiger partial charge in [0.1, 0.15) is 16.4 Å². The van der Waals surface area contributed by atoms with Crippen molar-refractivity contribution in [2.24, 2.45) is 5.84 Å². The first-order chi connectivity index (χ1) is 54.8. The molecular formula is C77H93BCl2N20O11S3. The monoisotopic (exact) mass is 1650 g/mol. The minimum Gasteiger partial charge on any atom is -0.462 e. The second-order valence-corrected chi connectivity index (χ2v) is 25.6. The number of carbonyl (C=O) groups is 2. The van der Waals surface area contributed by atoms with E-state index in [1.807, 2.05) is 210 Å². The number of rotatable bonds is 11. The number of aromatic nitrogens is 16. The Morgan fingerprint density at radius 2 is 0.939 bits per heavy atom. The SMILES string of the molecule is CC.CC.CC.CCO.CCOC(=O)c1cnn2ccc(C)cc12.Cc1ccn2ncc(-c3n[nH]c(=S)o3)c2c1.Cc1ccn2ncc(-c3nnc(S(=O)c4ccccc4)o3)c2c1.Cc1ccn2ncc(-c3nnc(Sc4ccccc4)o3)c2c1.Cc1ccn2ncc(C(=O)NN)c2c1.ClCCl.N=N.O.OB(O)c1ccccc1.[HH]. The first kappa shape index (κ1) is 94.6. The van der Waals surface area contributed by atoms with Crippen LogP contribution in [0.3, 0.4) is 0 Å². The fourth-order valence-corrected chi connectivity index (χ4v) is 11.2. The van der Waals surface area contributed by atoms with E-state index in [0.717, 1.165) is 77.0 Å². The Bertz CT molecular complexity index is 5590. The van der Waals surface area contributed by atoms with E-state index in [9.17, 15) is 13.8 Å². The number of H-pyrrole nitrogens is 1. The molecule has 0 spiro atoms. The van der Waals surface area contributed by atoms with E-state index in [-0.39, 0.29) is 40.8 Å². The molecule has 1 unspecified atom stereocenters. The molecule has 0 aliphatic heterocycles. The van der Waals surface area contributed by atoms with Crippen molar-refractivity contribution in [3.63, 3.8) is 0 Å². The van der Waals surface area contributed by atoms with Gasteiger partial charge in [-0.2, -0.15) is 25.5 Å². The summed E-state index contributed by atoms with van der Waals surface area (Å²) in [7, 11) is -2.83. The molecule has 0 bridgehead atoms. The van der Waals surface area contributed by atoms with Crippen LogP contribution in [0.4, 0.5) is 0 Å². The largest absolute Gasteiger partial charge is 0.488 e. The third-order valence-corrected chi connectivity index (χ3v) is 16.6. The molecule has 16 aromatic rings. The van der Waals surface area contributed by atoms with Crippen LogP contribution in [0, 0.1) is 50.5 Å². The van der Waals surface area contributed by atoms with Gasteiger partial charge in [0.05, 0.1) is 92.8 Å². The van der Waals surface area contributed by atoms with Gasteiger partial charge in [-0.1, -0.05) is 113 Å². The van der Waals surface area contributed by atoms with Gasteiger partial charge in [0, 0.05) is 48.8 Å². The summed E-state index contributed by atoms with van der Waals surface area (Å²) < 4.78 is 42.7. The molecule has 0 fully saturated rings. The first-order valence-electron chi connectivity index (χ1n) is 35.0. The van der Waals surface area contributed by atoms with Crippen LogP contribution in [0.5, 0.6) is 0 Å². The molecular weight excluding hydrogens is 1560 g/mol. The highest BCUT2D eigenvalue weighted by Gasteiger charge is 2.21. The number of carbonyl (C=O) groups excluding carboxylic acids is 2. The number of ether oxygens (including phenoxy) is 1. The van der Waals surface area contributed by atoms with E-state index >= 15 is 0 Å². The summed E-state index contributed by atoms with van der Waals surface area (Å²) in [6.45, 7) is 26.1. The topological polar surface area (TPSA) is 445 Å². The predicted molar refractivity (Wildman–Crippen MR) is 447 cm³/mol. The van der Waals surface area contributed by atoms with Crippen LogP contribution in [0.1, 0.15) is 105 Å². The third-order valence-electron chi connectivity index (χ3n) is 14.4. The fraction of sp³-hybridized carbons (Fsp3) is 0.208. The Hall–Kier alpha value is -11.8. The zero-order valence-electron chi connectivity index (χ0n) is 64.9. The molecule has 3 aromatic carbocycles. The quantitative estimate of drug-likeness (QED) is 0.00871. The van der Waals surface area contributed by atoms with E-state index in [4.69, 9.17) is 85.5 Å². The molecule has 0 saturated heterocycles. The van der Waals surface area contributed by atoms with Crippen LogP contribution in [0.25, 0.3) is 61.9 Å². The van der Waals surface area contributed by atoms with Gasteiger partial charge in [0.15, 0.2) is 0 Å². The van der Waals surface area contributed by atoms with Gasteiger partial charge in [0.25, 0.3) is 27.7 Å². The summed E-state index contributed by atoms with van der Waals surface area (Å²) >= 11 is 15.8. The predicted octanol–water partition coefficient (Wildman–Crippen LogP) is 15.0. The molecule has 37 heteroatoms. The Kier molecular flexibility index (Phi) is 41.7. The van der Waals surface area contributed by atoms with E-state index in [1.165, 1.54) is 24.2 Å². The lowest BCUT2D eigenvalue weighted by Gasteiger charge is -2.00. The normalized spacial score (nSPS) is 10.1. The zero-order valence-corrected chi connectivity index (χ0v) is 68.8. The lowest BCUT2D eigenvalue weighted by Crippen LogP contribution is -2.29. The van der Waals surface area contributed by atoms with Crippen molar-refractivity contribution in [2.45, 2.75) is 110 Å². The van der Waals surface area contributed by atoms with Crippen LogP contribution in [-0.4, -0.2) is 141 Å². The molecule has 0 aliphatic rings. The number of hydrazine groups is 1. The van der Waals surface area contributed by atoms with Crippen molar-refractivity contribution in [3.8, 4) is 34.4 Å². The highest BCUT2D eigenvalue weighted by atomic mass is 35.5. The molecule has 0 aliphatic carbocycles. The summed E-state index contributed by atoms with van der Waals surface area (Å²) in [6, 6.07) is 47.3. The average Bonchev–Trinajstić information content (AvgIpc) is 1.67. The maximum atomic E-state index is 12.4. The molecule has 0 saturated carbocycles. The fourth-order valence-electron chi connectivity index (χ4n) is 9.50. The molecule has 1 amide bonds. The molecule has 31 nitrogen and oxygen atoms in total. The third kappa shape index (κ3) is 27.3. The smallest absolute Gasteiger partial charge is 0.462 e. The van der Waals surface area contributed by atoms with Crippen molar-refractivity contribution in [2.75, 3.05) is 18.6 Å². The van der Waals surface area contributed by atoms with Crippen molar-refractivity contribution in [3.05, 3.63) is 257 Å². The van der Waals surface area contributed by atoms with Crippen LogP contribution >= 0.6 is 47.2 Å². The molecule has 602 valence electrons. The number of aliphatic hydroxyl groups excluding tert-OH is 1. The van der Waals surface area contributed by atoms with Gasteiger partial charge in [0.2, 0.25) is 5.89 Å². The number of nitrogen functional groups attached to an aromatic ring is 1. The minimum atomic E-state index is -1.49. The van der Waals surface area contributed by atoms with Gasteiger partial charge < -0.3 is 38.6 Å². The van der Waals surface area contributed by atoms with E-state index in [0.29, 0.717) is 51.0 Å². The number of pyridine rings is 5. The van der Waals surface area contributed by atoms with Gasteiger partial charge in [-0.25, -0.2) is 53.6 Å². The first-order valence-corrected chi connectivity index (χ1v) is 38.5. The molecule has 11 N–H and O–H groups in total. The van der Waals surface area contributed by atoms with Crippen molar-refractivity contribution < 1.29 is 53.8 Å². The van der Waals surface area contributed by atoms with Gasteiger partial charge in [-0.05, 0) is 191 Å². The second kappa shape index (κ2) is 50.3. The van der Waals surface area contributed by atoms with E-state index in [1.54, 1.807) is 97.6 Å². The summed E-state index contributed by atoms with van der Waals surface area (Å²) in [5, 5.41) is 69.2. The summed E-state index contributed by atoms with van der Waals surface area (Å²) in [6.07, 6.45) is 17.5. The number of fused-ring (bicyclic) bond motifs is 5. The number of aryl methyl sites for hydroxylation is 5. The number of halogens is 2. The number of hydrogen-bond acceptors (Lipinski definition) is 25. The van der Waals surface area contributed by atoms with Gasteiger partial charge in [-0.15, -0.1) is 43.6 Å². The summed E-state index contributed by atoms with van der Waals surface area (Å²) in [5.41, 5.74) is 25.9.